The Balaban J connectivity index is 1.85. The zero-order valence-corrected chi connectivity index (χ0v) is 18.7. The number of likely N-dealkylation sites (N-methyl/N-ethyl adjacent to an activating group) is 1. The zero-order chi connectivity index (χ0) is 22.3. The Morgan fingerprint density at radius 2 is 2.16 bits per heavy atom. The first-order valence-electron chi connectivity index (χ1n) is 9.73. The standard InChI is InChI=1S/C22H22BrN3O5/c1-4-9-31-19-16(23)10-13(11-18(19)30-3)14-12-25(2)22(20(14)26(28)29)15-7-5-6-8-17(15)24-21(22)27/h4-8,10-11,14,20H,1,9,12H2,2-3H3,(H,24,27)/t14-,20+,22-/m0/s1. The lowest BCUT2D eigenvalue weighted by Gasteiger charge is -2.30. The van der Waals surface area contributed by atoms with Gasteiger partial charge in [0.25, 0.3) is 11.9 Å². The largest absolute Gasteiger partial charge is 0.493 e. The average molecular weight is 488 g/mol. The van der Waals surface area contributed by atoms with Crippen molar-refractivity contribution in [1.82, 2.24) is 4.90 Å². The molecule has 1 N–H and O–H groups in total. The molecule has 1 amide bonds. The summed E-state index contributed by atoms with van der Waals surface area (Å²) >= 11 is 3.50. The monoisotopic (exact) mass is 487 g/mol. The first-order valence-corrected chi connectivity index (χ1v) is 10.5. The number of amides is 1. The lowest BCUT2D eigenvalue weighted by molar-refractivity contribution is -0.534. The molecule has 0 bridgehead atoms. The topological polar surface area (TPSA) is 93.9 Å². The van der Waals surface area contributed by atoms with E-state index in [-0.39, 0.29) is 17.4 Å². The Kier molecular flexibility index (Phi) is 5.49. The first kappa shape index (κ1) is 21.3. The SMILES string of the molecule is C=CCOc1c(Br)cc([C@@H]2CN(C)[C@]3(C(=O)Nc4ccccc43)[C@@H]2[N+](=O)[O-])cc1OC. The molecule has 2 aliphatic rings. The second-order valence-electron chi connectivity index (χ2n) is 7.62. The van der Waals surface area contributed by atoms with E-state index < -0.39 is 17.5 Å². The van der Waals surface area contributed by atoms with E-state index in [2.05, 4.69) is 27.8 Å². The smallest absolute Gasteiger partial charge is 0.256 e. The van der Waals surface area contributed by atoms with E-state index >= 15 is 0 Å². The molecule has 2 aromatic rings. The van der Waals surface area contributed by atoms with Crippen LogP contribution in [0, 0.1) is 10.1 Å². The summed E-state index contributed by atoms with van der Waals surface area (Å²) in [6.45, 7) is 4.26. The number of anilines is 1. The van der Waals surface area contributed by atoms with Gasteiger partial charge in [-0.3, -0.25) is 19.8 Å². The van der Waals surface area contributed by atoms with Crippen LogP contribution in [0.4, 0.5) is 5.69 Å². The van der Waals surface area contributed by atoms with Crippen molar-refractivity contribution in [2.75, 3.05) is 32.6 Å². The number of carbonyl (C=O) groups excluding carboxylic acids is 1. The molecule has 1 spiro atoms. The number of nitrogens with one attached hydrogen (secondary N) is 1. The number of hydrogen-bond donors (Lipinski definition) is 1. The Morgan fingerprint density at radius 3 is 2.84 bits per heavy atom. The number of rotatable bonds is 6. The van der Waals surface area contributed by atoms with Gasteiger partial charge < -0.3 is 14.8 Å². The third kappa shape index (κ3) is 3.11. The highest BCUT2D eigenvalue weighted by Gasteiger charge is 2.68. The number of ether oxygens (including phenoxy) is 2. The lowest BCUT2D eigenvalue weighted by atomic mass is 9.79. The normalized spacial score (nSPS) is 24.7. The van der Waals surface area contributed by atoms with Crippen LogP contribution in [0.15, 0.2) is 53.5 Å². The molecule has 0 unspecified atom stereocenters. The maximum Gasteiger partial charge on any atom is 0.256 e. The molecule has 162 valence electrons. The van der Waals surface area contributed by atoms with E-state index in [9.17, 15) is 14.9 Å². The fraction of sp³-hybridized carbons (Fsp3) is 0.318. The van der Waals surface area contributed by atoms with Gasteiger partial charge in [-0.2, -0.15) is 0 Å². The molecule has 8 nitrogen and oxygen atoms in total. The molecule has 31 heavy (non-hydrogen) atoms. The van der Waals surface area contributed by atoms with Gasteiger partial charge in [0.15, 0.2) is 17.0 Å². The van der Waals surface area contributed by atoms with Crippen molar-refractivity contribution in [1.29, 1.82) is 0 Å². The summed E-state index contributed by atoms with van der Waals surface area (Å²) in [5.41, 5.74) is 0.544. The molecular weight excluding hydrogens is 466 g/mol. The molecule has 0 radical (unpaired) electrons. The molecular formula is C22H22BrN3O5. The molecule has 1 saturated heterocycles. The fourth-order valence-electron chi connectivity index (χ4n) is 4.82. The number of halogens is 1. The molecule has 3 atom stereocenters. The molecule has 4 rings (SSSR count). The van der Waals surface area contributed by atoms with Gasteiger partial charge in [0, 0.05) is 22.7 Å². The Hall–Kier alpha value is -2.91. The van der Waals surface area contributed by atoms with Gasteiger partial charge in [-0.1, -0.05) is 30.9 Å². The predicted octanol–water partition coefficient (Wildman–Crippen LogP) is 3.54. The third-order valence-corrected chi connectivity index (χ3v) is 6.66. The minimum atomic E-state index is -1.39. The molecule has 2 aromatic carbocycles. The molecule has 9 heteroatoms. The average Bonchev–Trinajstić information content (AvgIpc) is 3.22. The summed E-state index contributed by atoms with van der Waals surface area (Å²) in [6, 6.07) is 9.51. The molecule has 2 heterocycles. The number of benzene rings is 2. The number of hydrogen-bond acceptors (Lipinski definition) is 6. The number of methoxy groups -OCH3 is 1. The van der Waals surface area contributed by atoms with Gasteiger partial charge in [-0.05, 0) is 46.7 Å². The van der Waals surface area contributed by atoms with Crippen molar-refractivity contribution in [3.05, 3.63) is 74.8 Å². The number of fused-ring (bicyclic) bond motifs is 2. The molecule has 0 aromatic heterocycles. The first-order chi connectivity index (χ1) is 14.9. The molecule has 0 aliphatic carbocycles. The van der Waals surface area contributed by atoms with Gasteiger partial charge in [-0.25, -0.2) is 0 Å². The van der Waals surface area contributed by atoms with Gasteiger partial charge in [0.2, 0.25) is 0 Å². The number of nitrogens with zero attached hydrogens (tertiary/aromatic N) is 2. The number of para-hydroxylation sites is 1. The minimum Gasteiger partial charge on any atom is -0.493 e. The van der Waals surface area contributed by atoms with Crippen molar-refractivity contribution in [2.24, 2.45) is 0 Å². The van der Waals surface area contributed by atoms with E-state index in [0.717, 1.165) is 0 Å². The molecule has 2 aliphatic heterocycles. The van der Waals surface area contributed by atoms with Gasteiger partial charge >= 0.3 is 0 Å². The second kappa shape index (κ2) is 7.97. The number of nitro groups is 1. The summed E-state index contributed by atoms with van der Waals surface area (Å²) in [5, 5.41) is 15.3. The van der Waals surface area contributed by atoms with E-state index in [4.69, 9.17) is 9.47 Å². The predicted molar refractivity (Wildman–Crippen MR) is 119 cm³/mol. The molecule has 0 saturated carbocycles. The Morgan fingerprint density at radius 1 is 1.42 bits per heavy atom. The quantitative estimate of drug-likeness (QED) is 0.380. The molecule has 1 fully saturated rings. The van der Waals surface area contributed by atoms with Crippen LogP contribution < -0.4 is 14.8 Å². The van der Waals surface area contributed by atoms with Crippen molar-refractivity contribution in [2.45, 2.75) is 17.5 Å². The van der Waals surface area contributed by atoms with Crippen molar-refractivity contribution in [3.63, 3.8) is 0 Å². The van der Waals surface area contributed by atoms with Crippen LogP contribution in [0.2, 0.25) is 0 Å². The van der Waals surface area contributed by atoms with E-state index in [1.54, 1.807) is 54.4 Å². The van der Waals surface area contributed by atoms with Crippen LogP contribution in [0.25, 0.3) is 0 Å². The van der Waals surface area contributed by atoms with Crippen molar-refractivity contribution < 1.29 is 19.2 Å². The lowest BCUT2D eigenvalue weighted by Crippen LogP contribution is -2.54. The van der Waals surface area contributed by atoms with Crippen molar-refractivity contribution >= 4 is 27.5 Å². The van der Waals surface area contributed by atoms with Crippen LogP contribution in [-0.2, 0) is 10.3 Å². The van der Waals surface area contributed by atoms with Crippen LogP contribution >= 0.6 is 15.9 Å². The number of carbonyl (C=O) groups is 1. The van der Waals surface area contributed by atoms with Crippen LogP contribution in [0.1, 0.15) is 17.0 Å². The summed E-state index contributed by atoms with van der Waals surface area (Å²) in [4.78, 5) is 27.1. The van der Waals surface area contributed by atoms with Crippen LogP contribution in [-0.4, -0.2) is 49.1 Å². The van der Waals surface area contributed by atoms with Gasteiger partial charge in [0.1, 0.15) is 6.61 Å². The summed E-state index contributed by atoms with van der Waals surface area (Å²) < 4.78 is 11.8. The number of likely N-dealkylation sites (tertiary alicyclic amines) is 1. The van der Waals surface area contributed by atoms with Crippen LogP contribution in [0.3, 0.4) is 0 Å². The zero-order valence-electron chi connectivity index (χ0n) is 17.1. The highest BCUT2D eigenvalue weighted by molar-refractivity contribution is 9.10. The maximum atomic E-state index is 13.2. The Bertz CT molecular complexity index is 1080. The van der Waals surface area contributed by atoms with Crippen molar-refractivity contribution in [3.8, 4) is 11.5 Å². The fourth-order valence-corrected chi connectivity index (χ4v) is 5.39. The minimum absolute atomic E-state index is 0.290. The Labute approximate surface area is 188 Å². The van der Waals surface area contributed by atoms with Gasteiger partial charge in [-0.15, -0.1) is 0 Å². The van der Waals surface area contributed by atoms with Crippen LogP contribution in [0.5, 0.6) is 11.5 Å². The van der Waals surface area contributed by atoms with E-state index in [0.29, 0.717) is 39.3 Å². The summed E-state index contributed by atoms with van der Waals surface area (Å²) in [7, 11) is 3.27. The second-order valence-corrected chi connectivity index (χ2v) is 8.47. The maximum absolute atomic E-state index is 13.2. The highest BCUT2D eigenvalue weighted by Crippen LogP contribution is 2.53. The van der Waals surface area contributed by atoms with Gasteiger partial charge in [0.05, 0.1) is 17.5 Å². The highest BCUT2D eigenvalue weighted by atomic mass is 79.9. The van der Waals surface area contributed by atoms with E-state index in [1.807, 2.05) is 0 Å². The third-order valence-electron chi connectivity index (χ3n) is 6.07. The summed E-state index contributed by atoms with van der Waals surface area (Å²) in [6.07, 6.45) is 1.62. The summed E-state index contributed by atoms with van der Waals surface area (Å²) in [5.74, 6) is 0.0231. The van der Waals surface area contributed by atoms with E-state index in [1.165, 1.54) is 7.11 Å².